The molecule has 0 saturated carbocycles. The van der Waals surface area contributed by atoms with Gasteiger partial charge >= 0.3 is 37.9 Å². The van der Waals surface area contributed by atoms with E-state index in [0.29, 0.717) is 0 Å². The average molecular weight is 867 g/mol. The first kappa shape index (κ1) is 38.7. The molecule has 278 valence electrons. The molecule has 6 aromatic carbocycles. The Kier molecular flexibility index (Phi) is 12.4. The summed E-state index contributed by atoms with van der Waals surface area (Å²) in [5.41, 5.74) is 13.1. The fourth-order valence-corrected chi connectivity index (χ4v) is 13.4. The number of fused-ring (bicyclic) bond motifs is 6. The van der Waals surface area contributed by atoms with Crippen molar-refractivity contribution in [3.8, 4) is 23.0 Å². The van der Waals surface area contributed by atoms with Gasteiger partial charge in [-0.05, 0) is 80.3 Å². The molecular weight excluding hydrogens is 823 g/mol. The van der Waals surface area contributed by atoms with Crippen molar-refractivity contribution >= 4 is 48.3 Å². The number of aryl methyl sites for hydroxylation is 1. The normalized spacial score (nSPS) is 17.9. The Balaban J connectivity index is 0.00000143. The maximum atomic E-state index is 6.21. The van der Waals surface area contributed by atoms with E-state index in [1.165, 1.54) is 52.3 Å². The second kappa shape index (κ2) is 18.0. The number of rotatable bonds is 7. The maximum absolute atomic E-state index is 6.21. The standard InChI is InChI=1S/C50H44O2Si.2ClH.Zr/c1-34-33-38-15-9-10-21-44(36-24-28-41(29-25-36)51-39-16-5-3-6-17-39)47(38)49(34)53-32-14-13-20-43-35(2)50(53)48-45(22-11-12-23-46(43)48)37-26-30-42(31-27-37)52-40-18-7-4-8-19-40;;;/h3-12,15-19,21-31,33,44-45,53H,13-14,20,32H2,1-2H3;2*1H;/q-2;;;+4/p-2. The van der Waals surface area contributed by atoms with Gasteiger partial charge < -0.3 is 9.47 Å². The summed E-state index contributed by atoms with van der Waals surface area (Å²) >= 11 is -0.826. The van der Waals surface area contributed by atoms with Gasteiger partial charge in [-0.1, -0.05) is 124 Å². The number of benzene rings is 4. The van der Waals surface area contributed by atoms with Gasteiger partial charge in [-0.3, -0.25) is 0 Å². The quantitative estimate of drug-likeness (QED) is 0.118. The van der Waals surface area contributed by atoms with Gasteiger partial charge in [0.25, 0.3) is 0 Å². The van der Waals surface area contributed by atoms with Gasteiger partial charge in [0, 0.05) is 0 Å². The Morgan fingerprint density at radius 3 is 1.71 bits per heavy atom. The third-order valence-electron chi connectivity index (χ3n) is 11.5. The van der Waals surface area contributed by atoms with Crippen LogP contribution in [-0.2, 0) is 27.3 Å². The summed E-state index contributed by atoms with van der Waals surface area (Å²) in [4.78, 5) is 0. The topological polar surface area (TPSA) is 18.5 Å². The van der Waals surface area contributed by atoms with Crippen LogP contribution in [0.5, 0.6) is 23.0 Å². The minimum atomic E-state index is -1.70. The molecule has 0 fully saturated rings. The molecule has 2 aliphatic carbocycles. The molecule has 6 aromatic rings. The zero-order valence-electron chi connectivity index (χ0n) is 31.7. The van der Waals surface area contributed by atoms with E-state index >= 15 is 0 Å². The molecule has 2 bridgehead atoms. The third-order valence-corrected chi connectivity index (χ3v) is 15.3. The molecule has 0 aromatic heterocycles. The van der Waals surface area contributed by atoms with Crippen LogP contribution in [-0.4, -0.2) is 8.80 Å². The summed E-state index contributed by atoms with van der Waals surface area (Å²) in [5, 5.41) is 3.33. The van der Waals surface area contributed by atoms with E-state index in [1.54, 1.807) is 27.1 Å². The summed E-state index contributed by atoms with van der Waals surface area (Å²) < 4.78 is 12.4. The number of hydrogen-bond donors (Lipinski definition) is 0. The third kappa shape index (κ3) is 8.13. The molecule has 0 radical (unpaired) electrons. The first-order valence-electron chi connectivity index (χ1n) is 19.5. The van der Waals surface area contributed by atoms with Crippen molar-refractivity contribution < 1.29 is 30.3 Å². The number of para-hydroxylation sites is 2. The summed E-state index contributed by atoms with van der Waals surface area (Å²) in [7, 11) is 8.17. The van der Waals surface area contributed by atoms with Crippen molar-refractivity contribution in [3.63, 3.8) is 0 Å². The van der Waals surface area contributed by atoms with Crippen LogP contribution in [0, 0.1) is 13.8 Å². The Labute approximate surface area is 351 Å². The van der Waals surface area contributed by atoms with Gasteiger partial charge in [0.1, 0.15) is 23.0 Å². The van der Waals surface area contributed by atoms with Gasteiger partial charge in [0.05, 0.1) is 0 Å². The van der Waals surface area contributed by atoms with Crippen molar-refractivity contribution in [1.29, 1.82) is 0 Å². The number of hydrogen-bond acceptors (Lipinski definition) is 2. The van der Waals surface area contributed by atoms with Gasteiger partial charge in [0.2, 0.25) is 0 Å². The second-order valence-electron chi connectivity index (χ2n) is 14.7. The molecule has 0 spiro atoms. The van der Waals surface area contributed by atoms with Gasteiger partial charge in [-0.2, -0.15) is 21.5 Å². The summed E-state index contributed by atoms with van der Waals surface area (Å²) in [6, 6.07) is 41.5. The number of allylic oxidation sites excluding steroid dienone is 6. The van der Waals surface area contributed by atoms with Crippen molar-refractivity contribution in [1.82, 2.24) is 0 Å². The molecule has 3 aliphatic rings. The predicted molar refractivity (Wildman–Crippen MR) is 235 cm³/mol. The Bertz CT molecular complexity index is 2390. The monoisotopic (exact) mass is 864 g/mol. The van der Waals surface area contributed by atoms with Gasteiger partial charge in [-0.15, -0.1) is 58.2 Å². The molecule has 9 rings (SSSR count). The first-order valence-corrected chi connectivity index (χ1v) is 27.8. The Morgan fingerprint density at radius 2 is 1.14 bits per heavy atom. The Morgan fingerprint density at radius 1 is 0.625 bits per heavy atom. The van der Waals surface area contributed by atoms with Crippen LogP contribution in [0.3, 0.4) is 0 Å². The van der Waals surface area contributed by atoms with Crippen molar-refractivity contribution in [2.24, 2.45) is 0 Å². The number of halogens is 2. The van der Waals surface area contributed by atoms with Crippen molar-refractivity contribution in [2.75, 3.05) is 0 Å². The SMILES string of the molecule is Cc1[cH-]c2c(c1[SiH]1CCCC[c-]3c(C)c1c1c3C=CC=CC1c1ccc(Oc3ccccc3)cc1)C(c1ccc(Oc3ccccc3)cc1)C=CC=C2.[Cl][Zr+2][Cl]. The fraction of sp³-hybridized carbons (Fsp3) is 0.160. The molecule has 56 heavy (non-hydrogen) atoms. The van der Waals surface area contributed by atoms with Crippen LogP contribution in [0.15, 0.2) is 152 Å². The molecular formula is C50H44Cl2O2SiZr. The van der Waals surface area contributed by atoms with E-state index in [-0.39, 0.29) is 11.8 Å². The van der Waals surface area contributed by atoms with E-state index in [9.17, 15) is 0 Å². The van der Waals surface area contributed by atoms with Crippen LogP contribution < -0.4 is 19.8 Å². The molecule has 0 amide bonds. The summed E-state index contributed by atoms with van der Waals surface area (Å²) in [6.07, 6.45) is 22.3. The molecule has 6 heteroatoms. The van der Waals surface area contributed by atoms with Crippen LogP contribution in [0.2, 0.25) is 6.04 Å². The first-order chi connectivity index (χ1) is 27.5. The van der Waals surface area contributed by atoms with Crippen molar-refractivity contribution in [3.05, 3.63) is 202 Å². The van der Waals surface area contributed by atoms with Crippen LogP contribution >= 0.6 is 17.0 Å². The van der Waals surface area contributed by atoms with Crippen LogP contribution in [0.1, 0.15) is 74.7 Å². The molecule has 3 atom stereocenters. The molecule has 2 nitrogen and oxygen atoms in total. The van der Waals surface area contributed by atoms with E-state index in [0.717, 1.165) is 29.4 Å². The van der Waals surface area contributed by atoms with E-state index in [4.69, 9.17) is 26.5 Å². The summed E-state index contributed by atoms with van der Waals surface area (Å²) in [5.74, 6) is 3.79. The molecule has 1 aliphatic heterocycles. The Hall–Kier alpha value is -4.18. The molecule has 0 saturated heterocycles. The van der Waals surface area contributed by atoms with Crippen LogP contribution in [0.4, 0.5) is 0 Å². The zero-order valence-corrected chi connectivity index (χ0v) is 36.8. The van der Waals surface area contributed by atoms with Crippen molar-refractivity contribution in [2.45, 2.75) is 51.0 Å². The molecule has 0 N–H and O–H groups in total. The molecule has 3 unspecified atom stereocenters. The predicted octanol–water partition coefficient (Wildman–Crippen LogP) is 12.8. The fourth-order valence-electron chi connectivity index (χ4n) is 9.10. The van der Waals surface area contributed by atoms with E-state index in [1.807, 2.05) is 60.7 Å². The number of ether oxygens (including phenoxy) is 2. The van der Waals surface area contributed by atoms with E-state index < -0.39 is 29.6 Å². The molecule has 1 heterocycles. The summed E-state index contributed by atoms with van der Waals surface area (Å²) in [6.45, 7) is 4.82. The van der Waals surface area contributed by atoms with E-state index in [2.05, 4.69) is 117 Å². The second-order valence-corrected chi connectivity index (χ2v) is 21.3. The van der Waals surface area contributed by atoms with Crippen LogP contribution in [0.25, 0.3) is 12.2 Å². The minimum absolute atomic E-state index is 0.175. The van der Waals surface area contributed by atoms with Gasteiger partial charge in [0.15, 0.2) is 0 Å². The van der Waals surface area contributed by atoms with Gasteiger partial charge in [-0.25, -0.2) is 0 Å². The average Bonchev–Trinajstić information content (AvgIpc) is 3.48. The zero-order chi connectivity index (χ0) is 38.4.